The van der Waals surface area contributed by atoms with Crippen LogP contribution in [0, 0.1) is 0 Å². The number of para-hydroxylation sites is 1. The Labute approximate surface area is 183 Å². The summed E-state index contributed by atoms with van der Waals surface area (Å²) in [6.45, 7) is 12.8. The molecule has 0 aliphatic carbocycles. The Balaban J connectivity index is 1.64. The van der Waals surface area contributed by atoms with Crippen LogP contribution in [0.1, 0.15) is 32.0 Å². The molecule has 2 aromatic heterocycles. The van der Waals surface area contributed by atoms with E-state index in [1.807, 2.05) is 35.0 Å². The van der Waals surface area contributed by atoms with Crippen molar-refractivity contribution in [2.45, 2.75) is 32.7 Å². The molecule has 0 atom stereocenters. The first-order valence-electron chi connectivity index (χ1n) is 11.0. The van der Waals surface area contributed by atoms with Crippen LogP contribution in [-0.2, 0) is 16.7 Å². The second kappa shape index (κ2) is 8.94. The predicted octanol–water partition coefficient (Wildman–Crippen LogP) is 2.78. The second-order valence-corrected chi connectivity index (χ2v) is 9.34. The van der Waals surface area contributed by atoms with E-state index in [9.17, 15) is 4.79 Å². The normalized spacial score (nSPS) is 16.3. The van der Waals surface area contributed by atoms with Gasteiger partial charge in [0.2, 0.25) is 0 Å². The lowest BCUT2D eigenvalue weighted by molar-refractivity contribution is 0.0936. The third kappa shape index (κ3) is 4.74. The summed E-state index contributed by atoms with van der Waals surface area (Å²) in [7, 11) is 1.74. The van der Waals surface area contributed by atoms with Crippen LogP contribution in [0.15, 0.2) is 41.2 Å². The van der Waals surface area contributed by atoms with E-state index in [2.05, 4.69) is 41.6 Å². The molecule has 7 heteroatoms. The number of nitrogens with zero attached hydrogens (tertiary/aromatic N) is 4. The third-order valence-corrected chi connectivity index (χ3v) is 5.95. The van der Waals surface area contributed by atoms with Crippen molar-refractivity contribution in [3.8, 4) is 5.69 Å². The Morgan fingerprint density at radius 1 is 1.06 bits per heavy atom. The van der Waals surface area contributed by atoms with Crippen molar-refractivity contribution in [1.29, 1.82) is 0 Å². The predicted molar refractivity (Wildman–Crippen MR) is 124 cm³/mol. The van der Waals surface area contributed by atoms with E-state index in [1.54, 1.807) is 7.11 Å². The third-order valence-electron chi connectivity index (χ3n) is 5.95. The van der Waals surface area contributed by atoms with Gasteiger partial charge in [-0.1, -0.05) is 39.0 Å². The van der Waals surface area contributed by atoms with E-state index < -0.39 is 0 Å². The second-order valence-electron chi connectivity index (χ2n) is 9.34. The minimum absolute atomic E-state index is 0.0353. The zero-order valence-electron chi connectivity index (χ0n) is 19.0. The quantitative estimate of drug-likeness (QED) is 0.660. The van der Waals surface area contributed by atoms with Crippen LogP contribution in [0.3, 0.4) is 0 Å². The standard InChI is InChI=1S/C24H33N5O2/c1-24(2,3)21-20-16-18(17-28-12-10-27(11-13-28)14-15-31-4)23(30)25-22(20)29(26-21)19-8-6-5-7-9-19/h5-9,16H,10-15,17H2,1-4H3,(H,25,30). The maximum Gasteiger partial charge on any atom is 0.254 e. The lowest BCUT2D eigenvalue weighted by Crippen LogP contribution is -2.47. The Bertz CT molecular complexity index is 1070. The van der Waals surface area contributed by atoms with E-state index >= 15 is 0 Å². The molecular formula is C24H33N5O2. The van der Waals surface area contributed by atoms with Crippen LogP contribution in [0.25, 0.3) is 16.7 Å². The van der Waals surface area contributed by atoms with Gasteiger partial charge in [0.25, 0.3) is 5.56 Å². The molecule has 0 amide bonds. The number of rotatable bonds is 6. The molecule has 0 saturated carbocycles. The van der Waals surface area contributed by atoms with E-state index in [1.165, 1.54) is 0 Å². The van der Waals surface area contributed by atoms with Crippen molar-refractivity contribution in [3.05, 3.63) is 58.0 Å². The maximum absolute atomic E-state index is 13.0. The van der Waals surface area contributed by atoms with E-state index in [-0.39, 0.29) is 11.0 Å². The fourth-order valence-corrected chi connectivity index (χ4v) is 4.17. The van der Waals surface area contributed by atoms with Crippen molar-refractivity contribution in [2.24, 2.45) is 0 Å². The van der Waals surface area contributed by atoms with Crippen molar-refractivity contribution >= 4 is 11.0 Å². The van der Waals surface area contributed by atoms with Gasteiger partial charge in [-0.25, -0.2) is 4.68 Å². The van der Waals surface area contributed by atoms with Gasteiger partial charge in [0.15, 0.2) is 0 Å². The summed E-state index contributed by atoms with van der Waals surface area (Å²) in [6.07, 6.45) is 0. The number of aromatic amines is 1. The molecule has 7 nitrogen and oxygen atoms in total. The number of piperazine rings is 1. The smallest absolute Gasteiger partial charge is 0.254 e. The number of nitrogens with one attached hydrogen (secondary N) is 1. The summed E-state index contributed by atoms with van der Waals surface area (Å²) in [5.41, 5.74) is 3.32. The van der Waals surface area contributed by atoms with Crippen LogP contribution in [0.4, 0.5) is 0 Å². The number of ether oxygens (including phenoxy) is 1. The molecule has 1 fully saturated rings. The van der Waals surface area contributed by atoms with Gasteiger partial charge in [-0.3, -0.25) is 14.6 Å². The number of hydrogen-bond donors (Lipinski definition) is 1. The highest BCUT2D eigenvalue weighted by atomic mass is 16.5. The lowest BCUT2D eigenvalue weighted by atomic mass is 9.90. The Morgan fingerprint density at radius 3 is 2.39 bits per heavy atom. The molecule has 166 valence electrons. The summed E-state index contributed by atoms with van der Waals surface area (Å²) >= 11 is 0. The highest BCUT2D eigenvalue weighted by molar-refractivity contribution is 5.81. The molecule has 31 heavy (non-hydrogen) atoms. The SMILES string of the molecule is COCCN1CCN(Cc2cc3c(C(C)(C)C)nn(-c4ccccc4)c3[nH]c2=O)CC1. The molecule has 0 bridgehead atoms. The molecule has 0 radical (unpaired) electrons. The van der Waals surface area contributed by atoms with Gasteiger partial charge in [0, 0.05) is 62.7 Å². The fraction of sp³-hybridized carbons (Fsp3) is 0.500. The van der Waals surface area contributed by atoms with Crippen molar-refractivity contribution < 1.29 is 4.74 Å². The Hall–Kier alpha value is -2.48. The summed E-state index contributed by atoms with van der Waals surface area (Å²) < 4.78 is 7.04. The number of methoxy groups -OCH3 is 1. The number of fused-ring (bicyclic) bond motifs is 1. The number of benzene rings is 1. The highest BCUT2D eigenvalue weighted by Crippen LogP contribution is 2.30. The molecule has 3 aromatic rings. The van der Waals surface area contributed by atoms with Gasteiger partial charge in [-0.15, -0.1) is 0 Å². The lowest BCUT2D eigenvalue weighted by Gasteiger charge is -2.34. The summed E-state index contributed by atoms with van der Waals surface area (Å²) in [6, 6.07) is 12.0. The monoisotopic (exact) mass is 423 g/mol. The zero-order chi connectivity index (χ0) is 22.0. The van der Waals surface area contributed by atoms with Crippen molar-refractivity contribution in [1.82, 2.24) is 24.6 Å². The summed E-state index contributed by atoms with van der Waals surface area (Å²) in [5, 5.41) is 5.93. The van der Waals surface area contributed by atoms with E-state index in [0.29, 0.717) is 6.54 Å². The summed E-state index contributed by atoms with van der Waals surface area (Å²) in [4.78, 5) is 20.9. The molecule has 3 heterocycles. The molecular weight excluding hydrogens is 390 g/mol. The van der Waals surface area contributed by atoms with Crippen LogP contribution >= 0.6 is 0 Å². The molecule has 1 aromatic carbocycles. The number of pyridine rings is 1. The van der Waals surface area contributed by atoms with Crippen LogP contribution in [0.5, 0.6) is 0 Å². The first-order chi connectivity index (χ1) is 14.9. The van der Waals surface area contributed by atoms with Gasteiger partial charge in [0.1, 0.15) is 5.65 Å². The first kappa shape index (κ1) is 21.7. The molecule has 0 spiro atoms. The van der Waals surface area contributed by atoms with E-state index in [4.69, 9.17) is 9.84 Å². The molecule has 0 unspecified atom stereocenters. The minimum atomic E-state index is -0.138. The van der Waals surface area contributed by atoms with Crippen molar-refractivity contribution in [3.63, 3.8) is 0 Å². The average Bonchev–Trinajstić information content (AvgIpc) is 3.13. The van der Waals surface area contributed by atoms with Crippen LogP contribution in [0.2, 0.25) is 0 Å². The van der Waals surface area contributed by atoms with Gasteiger partial charge in [-0.05, 0) is 18.2 Å². The van der Waals surface area contributed by atoms with E-state index in [0.717, 1.165) is 67.3 Å². The largest absolute Gasteiger partial charge is 0.383 e. The zero-order valence-corrected chi connectivity index (χ0v) is 19.0. The fourth-order valence-electron chi connectivity index (χ4n) is 4.17. The maximum atomic E-state index is 13.0. The average molecular weight is 424 g/mol. The number of aromatic nitrogens is 3. The van der Waals surface area contributed by atoms with Gasteiger partial charge in [-0.2, -0.15) is 5.10 Å². The van der Waals surface area contributed by atoms with Crippen molar-refractivity contribution in [2.75, 3.05) is 46.4 Å². The first-order valence-corrected chi connectivity index (χ1v) is 11.0. The highest BCUT2D eigenvalue weighted by Gasteiger charge is 2.25. The minimum Gasteiger partial charge on any atom is -0.383 e. The van der Waals surface area contributed by atoms with Gasteiger partial charge < -0.3 is 9.72 Å². The summed E-state index contributed by atoms with van der Waals surface area (Å²) in [5.74, 6) is 0. The molecule has 1 N–H and O–H groups in total. The van der Waals surface area contributed by atoms with Crippen LogP contribution in [-0.4, -0.2) is 71.0 Å². The number of hydrogen-bond acceptors (Lipinski definition) is 5. The molecule has 1 aliphatic rings. The molecule has 1 aliphatic heterocycles. The number of H-pyrrole nitrogens is 1. The van der Waals surface area contributed by atoms with Crippen LogP contribution < -0.4 is 5.56 Å². The Kier molecular flexibility index (Phi) is 6.27. The van der Waals surface area contributed by atoms with Gasteiger partial charge >= 0.3 is 0 Å². The molecule has 4 rings (SSSR count). The van der Waals surface area contributed by atoms with Gasteiger partial charge in [0.05, 0.1) is 18.0 Å². The molecule has 1 saturated heterocycles. The Morgan fingerprint density at radius 2 is 1.74 bits per heavy atom. The topological polar surface area (TPSA) is 66.4 Å².